The third-order valence-corrected chi connectivity index (χ3v) is 2.69. The number of fused-ring (bicyclic) bond motifs is 1. The number of nitrogens with zero attached hydrogens (tertiary/aromatic N) is 1. The van der Waals surface area contributed by atoms with Crippen molar-refractivity contribution in [3.63, 3.8) is 0 Å². The molecular weight excluding hydrogens is 164 g/mol. The molecule has 2 heterocycles. The van der Waals surface area contributed by atoms with Crippen LogP contribution in [-0.4, -0.2) is 10.5 Å². The van der Waals surface area contributed by atoms with Gasteiger partial charge in [-0.25, -0.2) is 0 Å². The molecule has 0 aliphatic carbocycles. The Bertz CT molecular complexity index is 352. The van der Waals surface area contributed by atoms with Gasteiger partial charge in [0.05, 0.1) is 5.56 Å². The maximum absolute atomic E-state index is 11.2. The van der Waals surface area contributed by atoms with Gasteiger partial charge in [0.15, 0.2) is 0 Å². The molecule has 0 saturated carbocycles. The van der Waals surface area contributed by atoms with E-state index in [2.05, 4.69) is 4.57 Å². The van der Waals surface area contributed by atoms with Gasteiger partial charge < -0.3 is 10.3 Å². The third-order valence-electron chi connectivity index (χ3n) is 2.69. The van der Waals surface area contributed by atoms with E-state index in [1.54, 1.807) is 0 Å². The quantitative estimate of drug-likeness (QED) is 0.690. The fourth-order valence-corrected chi connectivity index (χ4v) is 2.13. The second kappa shape index (κ2) is 2.91. The first-order valence-electron chi connectivity index (χ1n) is 4.68. The van der Waals surface area contributed by atoms with Gasteiger partial charge in [-0.15, -0.1) is 0 Å². The summed E-state index contributed by atoms with van der Waals surface area (Å²) in [6.45, 7) is 2.98. The maximum atomic E-state index is 11.2. The number of carbonyl (C=O) groups is 1. The molecule has 0 atom stereocenters. The van der Waals surface area contributed by atoms with Crippen LogP contribution < -0.4 is 5.73 Å². The molecule has 0 unspecified atom stereocenters. The zero-order valence-electron chi connectivity index (χ0n) is 7.84. The first kappa shape index (κ1) is 8.35. The molecule has 13 heavy (non-hydrogen) atoms. The molecule has 70 valence electrons. The van der Waals surface area contributed by atoms with Crippen molar-refractivity contribution >= 4 is 5.91 Å². The van der Waals surface area contributed by atoms with E-state index in [-0.39, 0.29) is 5.91 Å². The number of nitrogens with two attached hydrogens (primary N) is 1. The number of carbonyl (C=O) groups excluding carboxylic acids is 1. The van der Waals surface area contributed by atoms with Crippen molar-refractivity contribution in [1.29, 1.82) is 0 Å². The maximum Gasteiger partial charge on any atom is 0.250 e. The highest BCUT2D eigenvalue weighted by atomic mass is 16.1. The summed E-state index contributed by atoms with van der Waals surface area (Å²) < 4.78 is 2.17. The SMILES string of the molecule is Cc1cn2c(c1C(N)=O)CCCC2. The number of aromatic nitrogens is 1. The number of rotatable bonds is 1. The monoisotopic (exact) mass is 178 g/mol. The lowest BCUT2D eigenvalue weighted by Crippen LogP contribution is -2.17. The minimum Gasteiger partial charge on any atom is -0.366 e. The van der Waals surface area contributed by atoms with Crippen LogP contribution in [0.4, 0.5) is 0 Å². The largest absolute Gasteiger partial charge is 0.366 e. The van der Waals surface area contributed by atoms with Crippen LogP contribution in [-0.2, 0) is 13.0 Å². The van der Waals surface area contributed by atoms with Gasteiger partial charge in [0.2, 0.25) is 0 Å². The smallest absolute Gasteiger partial charge is 0.250 e. The van der Waals surface area contributed by atoms with Crippen molar-refractivity contribution in [1.82, 2.24) is 4.57 Å². The molecule has 0 fully saturated rings. The standard InChI is InChI=1S/C10H14N2O/c1-7-6-12-5-3-2-4-8(12)9(7)10(11)13/h6H,2-5H2,1H3,(H2,11,13). The molecule has 1 aromatic heterocycles. The van der Waals surface area contributed by atoms with Gasteiger partial charge in [0.1, 0.15) is 0 Å². The van der Waals surface area contributed by atoms with E-state index in [9.17, 15) is 4.79 Å². The van der Waals surface area contributed by atoms with E-state index in [0.29, 0.717) is 0 Å². The first-order chi connectivity index (χ1) is 6.20. The highest BCUT2D eigenvalue weighted by molar-refractivity contribution is 5.95. The summed E-state index contributed by atoms with van der Waals surface area (Å²) in [7, 11) is 0. The average molecular weight is 178 g/mol. The van der Waals surface area contributed by atoms with Crippen LogP contribution in [0.25, 0.3) is 0 Å². The number of aryl methyl sites for hydroxylation is 2. The lowest BCUT2D eigenvalue weighted by Gasteiger charge is -2.15. The molecule has 2 N–H and O–H groups in total. The van der Waals surface area contributed by atoms with Crippen LogP contribution in [0.1, 0.15) is 34.5 Å². The highest BCUT2D eigenvalue weighted by Crippen LogP contribution is 2.22. The minimum atomic E-state index is -0.284. The summed E-state index contributed by atoms with van der Waals surface area (Å²) in [5.41, 5.74) is 8.23. The molecule has 1 aliphatic heterocycles. The van der Waals surface area contributed by atoms with Crippen molar-refractivity contribution in [3.05, 3.63) is 23.0 Å². The Morgan fingerprint density at radius 2 is 2.31 bits per heavy atom. The Morgan fingerprint density at radius 1 is 1.54 bits per heavy atom. The van der Waals surface area contributed by atoms with Crippen molar-refractivity contribution in [2.75, 3.05) is 0 Å². The van der Waals surface area contributed by atoms with Crippen LogP contribution in [0.2, 0.25) is 0 Å². The van der Waals surface area contributed by atoms with Crippen molar-refractivity contribution in [2.45, 2.75) is 32.7 Å². The van der Waals surface area contributed by atoms with Gasteiger partial charge in [0.25, 0.3) is 5.91 Å². The first-order valence-corrected chi connectivity index (χ1v) is 4.68. The van der Waals surface area contributed by atoms with Gasteiger partial charge >= 0.3 is 0 Å². The van der Waals surface area contributed by atoms with E-state index in [4.69, 9.17) is 5.73 Å². The molecule has 0 spiro atoms. The van der Waals surface area contributed by atoms with Gasteiger partial charge in [-0.1, -0.05) is 0 Å². The zero-order valence-corrected chi connectivity index (χ0v) is 7.84. The molecular formula is C10H14N2O. The second-order valence-electron chi connectivity index (χ2n) is 3.65. The van der Waals surface area contributed by atoms with E-state index < -0.39 is 0 Å². The fourth-order valence-electron chi connectivity index (χ4n) is 2.13. The van der Waals surface area contributed by atoms with Crippen LogP contribution in [0.3, 0.4) is 0 Å². The van der Waals surface area contributed by atoms with Gasteiger partial charge in [0, 0.05) is 18.4 Å². The Balaban J connectivity index is 2.54. The average Bonchev–Trinajstić information content (AvgIpc) is 2.39. The predicted molar refractivity (Wildman–Crippen MR) is 50.6 cm³/mol. The van der Waals surface area contributed by atoms with Crippen molar-refractivity contribution < 1.29 is 4.79 Å². The molecule has 3 nitrogen and oxygen atoms in total. The Kier molecular flexibility index (Phi) is 1.87. The summed E-state index contributed by atoms with van der Waals surface area (Å²) in [4.78, 5) is 11.2. The summed E-state index contributed by atoms with van der Waals surface area (Å²) in [5, 5.41) is 0. The number of amides is 1. The molecule has 0 bridgehead atoms. The summed E-state index contributed by atoms with van der Waals surface area (Å²) in [5.74, 6) is -0.284. The van der Waals surface area contributed by atoms with Crippen LogP contribution >= 0.6 is 0 Å². The third kappa shape index (κ3) is 1.24. The topological polar surface area (TPSA) is 48.0 Å². The summed E-state index contributed by atoms with van der Waals surface area (Å²) in [6.07, 6.45) is 5.41. The lowest BCUT2D eigenvalue weighted by atomic mass is 10.0. The molecule has 1 amide bonds. The van der Waals surface area contributed by atoms with E-state index >= 15 is 0 Å². The van der Waals surface area contributed by atoms with Gasteiger partial charge in [-0.3, -0.25) is 4.79 Å². The van der Waals surface area contributed by atoms with Crippen molar-refractivity contribution in [2.24, 2.45) is 5.73 Å². The Morgan fingerprint density at radius 3 is 3.00 bits per heavy atom. The lowest BCUT2D eigenvalue weighted by molar-refractivity contribution is 0.0998. The molecule has 2 rings (SSSR count). The number of hydrogen-bond acceptors (Lipinski definition) is 1. The van der Waals surface area contributed by atoms with Crippen LogP contribution in [0.15, 0.2) is 6.20 Å². The number of primary amides is 1. The second-order valence-corrected chi connectivity index (χ2v) is 3.65. The van der Waals surface area contributed by atoms with E-state index in [0.717, 1.165) is 29.8 Å². The highest BCUT2D eigenvalue weighted by Gasteiger charge is 2.19. The molecule has 3 heteroatoms. The minimum absolute atomic E-state index is 0.284. The molecule has 1 aromatic rings. The predicted octanol–water partition coefficient (Wildman–Crippen LogP) is 1.23. The Labute approximate surface area is 77.5 Å². The molecule has 0 saturated heterocycles. The zero-order chi connectivity index (χ0) is 9.42. The van der Waals surface area contributed by atoms with Gasteiger partial charge in [-0.05, 0) is 31.7 Å². The molecule has 0 radical (unpaired) electrons. The molecule has 1 aliphatic rings. The normalized spacial score (nSPS) is 15.5. The van der Waals surface area contributed by atoms with Crippen LogP contribution in [0.5, 0.6) is 0 Å². The molecule has 0 aromatic carbocycles. The summed E-state index contributed by atoms with van der Waals surface area (Å²) in [6, 6.07) is 0. The van der Waals surface area contributed by atoms with E-state index in [1.165, 1.54) is 12.8 Å². The Hall–Kier alpha value is -1.25. The summed E-state index contributed by atoms with van der Waals surface area (Å²) >= 11 is 0. The van der Waals surface area contributed by atoms with Gasteiger partial charge in [-0.2, -0.15) is 0 Å². The fraction of sp³-hybridized carbons (Fsp3) is 0.500. The van der Waals surface area contributed by atoms with Crippen molar-refractivity contribution in [3.8, 4) is 0 Å². The van der Waals surface area contributed by atoms with Crippen LogP contribution in [0, 0.1) is 6.92 Å². The van der Waals surface area contributed by atoms with E-state index in [1.807, 2.05) is 13.1 Å². The number of hydrogen-bond donors (Lipinski definition) is 1.